The van der Waals surface area contributed by atoms with E-state index in [1.165, 1.54) is 37.5 Å². The molecule has 2 aromatic carbocycles. The average molecular weight is 299 g/mol. The predicted octanol–water partition coefficient (Wildman–Crippen LogP) is 3.21. The zero-order valence-electron chi connectivity index (χ0n) is 11.7. The van der Waals surface area contributed by atoms with E-state index in [0.29, 0.717) is 5.56 Å². The highest BCUT2D eigenvalue weighted by atomic mass is 16.6. The Hall–Kier alpha value is -3.15. The molecule has 0 radical (unpaired) electrons. The van der Waals surface area contributed by atoms with E-state index in [-0.39, 0.29) is 22.7 Å². The molecular weight excluding hydrogens is 286 g/mol. The van der Waals surface area contributed by atoms with Crippen LogP contribution in [0.15, 0.2) is 48.5 Å². The maximum atomic E-state index is 12.2. The highest BCUT2D eigenvalue weighted by Gasteiger charge is 2.15. The number of aromatic hydroxyl groups is 1. The molecule has 1 N–H and O–H groups in total. The van der Waals surface area contributed by atoms with Crippen LogP contribution in [0.4, 0.5) is 5.69 Å². The second kappa shape index (κ2) is 6.53. The lowest BCUT2D eigenvalue weighted by molar-refractivity contribution is -0.385. The molecule has 112 valence electrons. The van der Waals surface area contributed by atoms with Gasteiger partial charge in [0.2, 0.25) is 0 Å². The minimum Gasteiger partial charge on any atom is -0.507 e. The molecule has 0 heterocycles. The van der Waals surface area contributed by atoms with E-state index in [2.05, 4.69) is 0 Å². The van der Waals surface area contributed by atoms with Crippen LogP contribution >= 0.6 is 0 Å². The molecule has 0 aliphatic rings. The Kier molecular flexibility index (Phi) is 4.53. The Bertz CT molecular complexity index is 752. The summed E-state index contributed by atoms with van der Waals surface area (Å²) in [4.78, 5) is 22.6. The number of hydrogen-bond donors (Lipinski definition) is 1. The molecular formula is C16H13NO5. The zero-order chi connectivity index (χ0) is 16.1. The lowest BCUT2D eigenvalue weighted by atomic mass is 10.1. The number of para-hydroxylation sites is 1. The van der Waals surface area contributed by atoms with Gasteiger partial charge in [-0.15, -0.1) is 0 Å². The summed E-state index contributed by atoms with van der Waals surface area (Å²) < 4.78 is 5.04. The van der Waals surface area contributed by atoms with Crippen molar-refractivity contribution in [1.29, 1.82) is 0 Å². The summed E-state index contributed by atoms with van der Waals surface area (Å²) in [7, 11) is 1.39. The van der Waals surface area contributed by atoms with Crippen molar-refractivity contribution in [2.75, 3.05) is 7.11 Å². The van der Waals surface area contributed by atoms with Crippen molar-refractivity contribution < 1.29 is 19.6 Å². The van der Waals surface area contributed by atoms with Crippen molar-refractivity contribution in [3.05, 3.63) is 69.8 Å². The summed E-state index contributed by atoms with van der Waals surface area (Å²) >= 11 is 0. The topological polar surface area (TPSA) is 89.7 Å². The zero-order valence-corrected chi connectivity index (χ0v) is 11.7. The molecule has 0 aliphatic carbocycles. The molecule has 0 bridgehead atoms. The third-order valence-corrected chi connectivity index (χ3v) is 3.02. The first-order valence-electron chi connectivity index (χ1n) is 6.36. The van der Waals surface area contributed by atoms with Gasteiger partial charge in [0.25, 0.3) is 5.69 Å². The number of phenols is 1. The lowest BCUT2D eigenvalue weighted by Gasteiger charge is -2.07. The van der Waals surface area contributed by atoms with Crippen molar-refractivity contribution in [3.63, 3.8) is 0 Å². The average Bonchev–Trinajstić information content (AvgIpc) is 2.52. The maximum absolute atomic E-state index is 12.2. The fourth-order valence-corrected chi connectivity index (χ4v) is 1.98. The summed E-state index contributed by atoms with van der Waals surface area (Å²) in [5.74, 6) is -0.484. The van der Waals surface area contributed by atoms with Crippen molar-refractivity contribution in [1.82, 2.24) is 0 Å². The molecule has 0 spiro atoms. The third-order valence-electron chi connectivity index (χ3n) is 3.02. The molecule has 6 heteroatoms. The summed E-state index contributed by atoms with van der Waals surface area (Å²) in [6.45, 7) is 0. The first-order valence-corrected chi connectivity index (χ1v) is 6.36. The monoisotopic (exact) mass is 299 g/mol. The lowest BCUT2D eigenvalue weighted by Crippen LogP contribution is -1.99. The minimum absolute atomic E-state index is 0.0137. The van der Waals surface area contributed by atoms with Crippen LogP contribution in [-0.4, -0.2) is 22.9 Å². The van der Waals surface area contributed by atoms with Crippen LogP contribution in [0.5, 0.6) is 11.5 Å². The van der Waals surface area contributed by atoms with Gasteiger partial charge in [0.1, 0.15) is 17.1 Å². The third kappa shape index (κ3) is 3.12. The summed E-state index contributed by atoms with van der Waals surface area (Å²) in [5.41, 5.74) is 0.214. The highest BCUT2D eigenvalue weighted by molar-refractivity contribution is 6.10. The van der Waals surface area contributed by atoms with Gasteiger partial charge in [-0.1, -0.05) is 18.2 Å². The van der Waals surface area contributed by atoms with Gasteiger partial charge in [-0.2, -0.15) is 0 Å². The number of phenolic OH excluding ortho intramolecular Hbond substituents is 1. The van der Waals surface area contributed by atoms with E-state index >= 15 is 0 Å². The number of nitrogens with zero attached hydrogens (tertiary/aromatic N) is 1. The Morgan fingerprint density at radius 2 is 1.95 bits per heavy atom. The van der Waals surface area contributed by atoms with Crippen LogP contribution in [0.25, 0.3) is 6.08 Å². The molecule has 0 saturated heterocycles. The van der Waals surface area contributed by atoms with Gasteiger partial charge in [0.15, 0.2) is 5.78 Å². The molecule has 0 fully saturated rings. The number of ketones is 1. The molecule has 0 atom stereocenters. The smallest absolute Gasteiger partial charge is 0.276 e. The first kappa shape index (κ1) is 15.2. The van der Waals surface area contributed by atoms with Gasteiger partial charge in [-0.3, -0.25) is 14.9 Å². The SMILES string of the molecule is COc1cccc(O)c1C(=O)/C=C/c1ccccc1[N+](=O)[O-]. The normalized spacial score (nSPS) is 10.6. The number of benzene rings is 2. The molecule has 2 aromatic rings. The Balaban J connectivity index is 2.36. The molecule has 0 saturated carbocycles. The van der Waals surface area contributed by atoms with Gasteiger partial charge in [-0.25, -0.2) is 0 Å². The summed E-state index contributed by atoms with van der Waals surface area (Å²) in [5, 5.41) is 20.7. The van der Waals surface area contributed by atoms with Crippen LogP contribution in [0.2, 0.25) is 0 Å². The largest absolute Gasteiger partial charge is 0.507 e. The first-order chi connectivity index (χ1) is 10.5. The standard InChI is InChI=1S/C16H13NO5/c1-22-15-8-4-7-13(18)16(15)14(19)10-9-11-5-2-3-6-12(11)17(20)21/h2-10,18H,1H3/b10-9+. The number of carbonyl (C=O) groups is 1. The van der Waals surface area contributed by atoms with E-state index in [1.807, 2.05) is 0 Å². The molecule has 2 rings (SSSR count). The van der Waals surface area contributed by atoms with Crippen molar-refractivity contribution in [2.24, 2.45) is 0 Å². The second-order valence-electron chi connectivity index (χ2n) is 4.37. The number of allylic oxidation sites excluding steroid dienone is 1. The van der Waals surface area contributed by atoms with Gasteiger partial charge in [0.05, 0.1) is 17.6 Å². The van der Waals surface area contributed by atoms with E-state index < -0.39 is 10.7 Å². The van der Waals surface area contributed by atoms with Crippen molar-refractivity contribution in [3.8, 4) is 11.5 Å². The maximum Gasteiger partial charge on any atom is 0.276 e. The van der Waals surface area contributed by atoms with Gasteiger partial charge < -0.3 is 9.84 Å². The summed E-state index contributed by atoms with van der Waals surface area (Å²) in [6.07, 6.45) is 2.51. The van der Waals surface area contributed by atoms with E-state index in [0.717, 1.165) is 0 Å². The van der Waals surface area contributed by atoms with Crippen molar-refractivity contribution in [2.45, 2.75) is 0 Å². The van der Waals surface area contributed by atoms with Crippen LogP contribution in [0, 0.1) is 10.1 Å². The Morgan fingerprint density at radius 1 is 1.23 bits per heavy atom. The summed E-state index contributed by atoms with van der Waals surface area (Å²) in [6, 6.07) is 10.5. The molecule has 0 aromatic heterocycles. The number of carbonyl (C=O) groups excluding carboxylic acids is 1. The van der Waals surface area contributed by atoms with Crippen LogP contribution < -0.4 is 4.74 Å². The molecule has 0 unspecified atom stereocenters. The van der Waals surface area contributed by atoms with Crippen LogP contribution in [0.1, 0.15) is 15.9 Å². The predicted molar refractivity (Wildman–Crippen MR) is 81.1 cm³/mol. The Labute approximate surface area is 126 Å². The van der Waals surface area contributed by atoms with Crippen LogP contribution in [-0.2, 0) is 0 Å². The Morgan fingerprint density at radius 3 is 2.64 bits per heavy atom. The van der Waals surface area contributed by atoms with Gasteiger partial charge >= 0.3 is 0 Å². The van der Waals surface area contributed by atoms with E-state index in [9.17, 15) is 20.0 Å². The second-order valence-corrected chi connectivity index (χ2v) is 4.37. The number of nitro groups is 1. The molecule has 0 amide bonds. The number of nitro benzene ring substituents is 1. The number of ether oxygens (including phenoxy) is 1. The number of hydrogen-bond acceptors (Lipinski definition) is 5. The number of methoxy groups -OCH3 is 1. The molecule has 22 heavy (non-hydrogen) atoms. The van der Waals surface area contributed by atoms with Gasteiger partial charge in [0, 0.05) is 6.07 Å². The van der Waals surface area contributed by atoms with E-state index in [1.54, 1.807) is 24.3 Å². The molecule has 0 aliphatic heterocycles. The fraction of sp³-hybridized carbons (Fsp3) is 0.0625. The fourth-order valence-electron chi connectivity index (χ4n) is 1.98. The van der Waals surface area contributed by atoms with E-state index in [4.69, 9.17) is 4.74 Å². The highest BCUT2D eigenvalue weighted by Crippen LogP contribution is 2.28. The van der Waals surface area contributed by atoms with Gasteiger partial charge in [-0.05, 0) is 30.4 Å². The van der Waals surface area contributed by atoms with Crippen molar-refractivity contribution >= 4 is 17.5 Å². The van der Waals surface area contributed by atoms with Crippen LogP contribution in [0.3, 0.4) is 0 Å². The number of rotatable bonds is 5. The minimum atomic E-state index is -0.523. The quantitative estimate of drug-likeness (QED) is 0.396. The molecule has 6 nitrogen and oxygen atoms in total.